The molecule has 1 aromatic rings. The number of carbonyl (C=O) groups is 1. The van der Waals surface area contributed by atoms with Crippen molar-refractivity contribution in [2.24, 2.45) is 16.3 Å². The summed E-state index contributed by atoms with van der Waals surface area (Å²) in [4.78, 5) is 20.0. The quantitative estimate of drug-likeness (QED) is 0.413. The number of aryl methyl sites for hydroxylation is 1. The Balaban J connectivity index is 1.58. The van der Waals surface area contributed by atoms with Crippen molar-refractivity contribution in [1.82, 2.24) is 4.90 Å². The monoisotopic (exact) mass is 512 g/mol. The van der Waals surface area contributed by atoms with Crippen molar-refractivity contribution in [2.75, 3.05) is 19.4 Å². The van der Waals surface area contributed by atoms with Crippen LogP contribution in [-0.2, 0) is 27.9 Å². The van der Waals surface area contributed by atoms with Crippen LogP contribution < -0.4 is 0 Å². The number of thioether (sulfide) groups is 1. The molecule has 0 saturated heterocycles. The van der Waals surface area contributed by atoms with Gasteiger partial charge >= 0.3 is 0 Å². The second-order valence-corrected chi connectivity index (χ2v) is 11.5. The summed E-state index contributed by atoms with van der Waals surface area (Å²) in [7, 11) is 1.68. The molecule has 0 bridgehead atoms. The highest BCUT2D eigenvalue weighted by Gasteiger charge is 2.67. The lowest BCUT2D eigenvalue weighted by atomic mass is 9.61. The third-order valence-electron chi connectivity index (χ3n) is 8.33. The first-order chi connectivity index (χ1) is 16.8. The maximum absolute atomic E-state index is 14.1. The zero-order valence-electron chi connectivity index (χ0n) is 20.0. The molecule has 1 atom stereocenters. The minimum atomic E-state index is -2.78. The summed E-state index contributed by atoms with van der Waals surface area (Å²) in [5.41, 5.74) is 1.03. The van der Waals surface area contributed by atoms with Crippen molar-refractivity contribution >= 4 is 22.8 Å². The van der Waals surface area contributed by atoms with Crippen molar-refractivity contribution in [3.8, 4) is 0 Å². The van der Waals surface area contributed by atoms with Crippen LogP contribution in [0, 0.1) is 11.3 Å². The molecule has 2 fully saturated rings. The molecule has 3 aliphatic carbocycles. The lowest BCUT2D eigenvalue weighted by Crippen LogP contribution is -2.52. The van der Waals surface area contributed by atoms with Gasteiger partial charge in [-0.2, -0.15) is 0 Å². The molecular formula is C26H32F4N2O2S. The number of aliphatic imine (C=N–C) groups is 1. The third kappa shape index (κ3) is 4.52. The van der Waals surface area contributed by atoms with E-state index in [1.807, 2.05) is 0 Å². The molecular weight excluding hydrogens is 480 g/mol. The van der Waals surface area contributed by atoms with Gasteiger partial charge in [0.1, 0.15) is 0 Å². The van der Waals surface area contributed by atoms with E-state index in [0.717, 1.165) is 53.2 Å². The molecule has 1 aliphatic heterocycles. The van der Waals surface area contributed by atoms with Crippen LogP contribution in [0.5, 0.6) is 0 Å². The fourth-order valence-electron chi connectivity index (χ4n) is 6.35. The van der Waals surface area contributed by atoms with Gasteiger partial charge in [0, 0.05) is 12.5 Å². The minimum Gasteiger partial charge on any atom is -0.381 e. The summed E-state index contributed by atoms with van der Waals surface area (Å²) in [5.74, 6) is -0.309. The highest BCUT2D eigenvalue weighted by molar-refractivity contribution is 8.13. The van der Waals surface area contributed by atoms with Crippen molar-refractivity contribution in [3.05, 3.63) is 34.9 Å². The minimum absolute atomic E-state index is 0.0000680. The number of hydrogen-bond acceptors (Lipinski definition) is 4. The maximum Gasteiger partial charge on any atom is 0.261 e. The molecule has 9 heteroatoms. The highest BCUT2D eigenvalue weighted by atomic mass is 32.2. The first kappa shape index (κ1) is 25.1. The predicted molar refractivity (Wildman–Crippen MR) is 128 cm³/mol. The van der Waals surface area contributed by atoms with E-state index in [9.17, 15) is 22.4 Å². The number of amidine groups is 1. The Hall–Kier alpha value is -1.61. The van der Waals surface area contributed by atoms with E-state index in [2.05, 4.69) is 18.2 Å². The SMILES string of the molecule is COC1CCC2(CC1)Cc1ccc(CCC3CC3)cc1C21N=C(SCC(F)F)N(CC(F)F)C1=O. The van der Waals surface area contributed by atoms with Gasteiger partial charge in [-0.15, -0.1) is 0 Å². The van der Waals surface area contributed by atoms with Gasteiger partial charge < -0.3 is 4.74 Å². The molecule has 192 valence electrons. The molecule has 35 heavy (non-hydrogen) atoms. The van der Waals surface area contributed by atoms with Gasteiger partial charge in [-0.1, -0.05) is 42.8 Å². The molecule has 2 saturated carbocycles. The Morgan fingerprint density at radius 3 is 2.51 bits per heavy atom. The van der Waals surface area contributed by atoms with Crippen molar-refractivity contribution in [3.63, 3.8) is 0 Å². The fraction of sp³-hybridized carbons (Fsp3) is 0.692. The van der Waals surface area contributed by atoms with E-state index in [-0.39, 0.29) is 11.3 Å². The molecule has 0 N–H and O–H groups in total. The van der Waals surface area contributed by atoms with E-state index >= 15 is 0 Å². The topological polar surface area (TPSA) is 41.9 Å². The Bertz CT molecular complexity index is 992. The summed E-state index contributed by atoms with van der Waals surface area (Å²) < 4.78 is 58.8. The molecule has 4 aliphatic rings. The number of nitrogens with zero attached hydrogens (tertiary/aromatic N) is 2. The lowest BCUT2D eigenvalue weighted by molar-refractivity contribution is -0.139. The van der Waals surface area contributed by atoms with Crippen LogP contribution in [0.2, 0.25) is 0 Å². The number of carbonyl (C=O) groups excluding carboxylic acids is 1. The molecule has 1 aromatic carbocycles. The number of halogens is 4. The molecule has 1 unspecified atom stereocenters. The van der Waals surface area contributed by atoms with E-state index in [1.165, 1.54) is 12.8 Å². The van der Waals surface area contributed by atoms with Crippen molar-refractivity contribution in [1.29, 1.82) is 0 Å². The first-order valence-electron chi connectivity index (χ1n) is 12.5. The van der Waals surface area contributed by atoms with E-state index in [0.29, 0.717) is 31.0 Å². The zero-order valence-corrected chi connectivity index (χ0v) is 20.8. The lowest BCUT2D eigenvalue weighted by Gasteiger charge is -2.45. The summed E-state index contributed by atoms with van der Waals surface area (Å²) in [5, 5.41) is 0.0000680. The van der Waals surface area contributed by atoms with Crippen LogP contribution >= 0.6 is 11.8 Å². The number of ether oxygens (including phenoxy) is 1. The van der Waals surface area contributed by atoms with Gasteiger partial charge in [-0.25, -0.2) is 22.6 Å². The average molecular weight is 513 g/mol. The Morgan fingerprint density at radius 2 is 1.89 bits per heavy atom. The van der Waals surface area contributed by atoms with E-state index in [4.69, 9.17) is 9.73 Å². The van der Waals surface area contributed by atoms with Crippen LogP contribution in [0.4, 0.5) is 17.6 Å². The Kier molecular flexibility index (Phi) is 6.94. The number of rotatable bonds is 8. The van der Waals surface area contributed by atoms with E-state index < -0.39 is 42.0 Å². The number of methoxy groups -OCH3 is 1. The number of amides is 1. The predicted octanol–water partition coefficient (Wildman–Crippen LogP) is 5.82. The summed E-state index contributed by atoms with van der Waals surface area (Å²) in [6, 6.07) is 6.24. The number of benzene rings is 1. The average Bonchev–Trinajstić information content (AvgIpc) is 3.58. The third-order valence-corrected chi connectivity index (χ3v) is 9.32. The maximum atomic E-state index is 14.1. The highest BCUT2D eigenvalue weighted by Crippen LogP contribution is 2.62. The molecule has 1 heterocycles. The number of alkyl halides is 4. The number of hydrogen-bond donors (Lipinski definition) is 0. The van der Waals surface area contributed by atoms with Crippen LogP contribution in [-0.4, -0.2) is 54.3 Å². The normalized spacial score (nSPS) is 30.3. The summed E-state index contributed by atoms with van der Waals surface area (Å²) in [6.45, 7) is -0.830. The molecule has 0 aromatic heterocycles. The smallest absolute Gasteiger partial charge is 0.261 e. The Labute approximate surface area is 207 Å². The molecule has 4 nitrogen and oxygen atoms in total. The molecule has 0 radical (unpaired) electrons. The summed E-state index contributed by atoms with van der Waals surface area (Å²) >= 11 is 0.708. The second kappa shape index (κ2) is 9.69. The van der Waals surface area contributed by atoms with Crippen molar-refractivity contribution < 1.29 is 27.1 Å². The van der Waals surface area contributed by atoms with Crippen LogP contribution in [0.15, 0.2) is 23.2 Å². The van der Waals surface area contributed by atoms with Gasteiger partial charge in [-0.05, 0) is 67.6 Å². The fourth-order valence-corrected chi connectivity index (χ4v) is 7.13. The van der Waals surface area contributed by atoms with Gasteiger partial charge in [0.2, 0.25) is 6.43 Å². The first-order valence-corrected chi connectivity index (χ1v) is 13.5. The van der Waals surface area contributed by atoms with E-state index in [1.54, 1.807) is 7.11 Å². The second-order valence-electron chi connectivity index (χ2n) is 10.5. The largest absolute Gasteiger partial charge is 0.381 e. The molecule has 1 amide bonds. The summed E-state index contributed by atoms with van der Waals surface area (Å²) in [6.07, 6.45) is 2.65. The van der Waals surface area contributed by atoms with Gasteiger partial charge in [0.25, 0.3) is 12.3 Å². The molecule has 5 rings (SSSR count). The molecule has 2 spiro atoms. The van der Waals surface area contributed by atoms with Gasteiger partial charge in [0.05, 0.1) is 18.4 Å². The van der Waals surface area contributed by atoms with Gasteiger partial charge in [0.15, 0.2) is 10.7 Å². The van der Waals surface area contributed by atoms with Crippen LogP contribution in [0.25, 0.3) is 0 Å². The number of fused-ring (bicyclic) bond motifs is 3. The Morgan fingerprint density at radius 1 is 1.14 bits per heavy atom. The van der Waals surface area contributed by atoms with Crippen LogP contribution in [0.1, 0.15) is 61.6 Å². The standard InChI is InChI=1S/C26H32F4N2O2S/c1-34-19-8-10-25(11-9-19)13-18-7-6-17(5-4-16-2-3-16)12-20(18)26(25)23(33)32(14-21(27)28)24(31-26)35-15-22(29)30/h6-7,12,16,19,21-22H,2-5,8-11,13-15H2,1H3. The van der Waals surface area contributed by atoms with Crippen LogP contribution in [0.3, 0.4) is 0 Å². The van der Waals surface area contributed by atoms with Crippen molar-refractivity contribution in [2.45, 2.75) is 82.3 Å². The van der Waals surface area contributed by atoms with Gasteiger partial charge in [-0.3, -0.25) is 9.69 Å². The zero-order chi connectivity index (χ0) is 24.8.